The smallest absolute Gasteiger partial charge is 0.220 e. The number of hydrogen-bond acceptors (Lipinski definition) is 7. The number of nitrogens with one attached hydrogen (secondary N) is 1. The standard InChI is InChI=1S/C18H19FN6O2/c1-18(21)8-26-16(27-9-18)15-24-13(10-2-4-11(19)5-3-10)14(25-15)12-6-7-22-17(20)23-12/h2-7,16H,8-9,21H2,1H3,(H,24,25)(H2,20,22,23). The summed E-state index contributed by atoms with van der Waals surface area (Å²) in [5, 5.41) is 0. The van der Waals surface area contributed by atoms with Gasteiger partial charge in [0.15, 0.2) is 5.82 Å². The van der Waals surface area contributed by atoms with E-state index in [2.05, 4.69) is 19.9 Å². The molecule has 3 heterocycles. The molecule has 140 valence electrons. The van der Waals surface area contributed by atoms with Crippen LogP contribution in [0.4, 0.5) is 10.3 Å². The van der Waals surface area contributed by atoms with Gasteiger partial charge >= 0.3 is 0 Å². The molecule has 5 N–H and O–H groups in total. The second-order valence-corrected chi connectivity index (χ2v) is 6.76. The van der Waals surface area contributed by atoms with Gasteiger partial charge in [0, 0.05) is 11.8 Å². The first-order valence-electron chi connectivity index (χ1n) is 8.38. The topological polar surface area (TPSA) is 125 Å². The van der Waals surface area contributed by atoms with E-state index < -0.39 is 11.8 Å². The second-order valence-electron chi connectivity index (χ2n) is 6.76. The molecule has 1 aliphatic heterocycles. The molecule has 1 aliphatic rings. The highest BCUT2D eigenvalue weighted by atomic mass is 19.1. The van der Waals surface area contributed by atoms with Crippen molar-refractivity contribution in [2.24, 2.45) is 5.73 Å². The highest BCUT2D eigenvalue weighted by Gasteiger charge is 2.32. The Kier molecular flexibility index (Phi) is 4.34. The maximum absolute atomic E-state index is 13.3. The monoisotopic (exact) mass is 370 g/mol. The zero-order chi connectivity index (χ0) is 19.0. The molecule has 0 atom stereocenters. The number of nitrogens with two attached hydrogens (primary N) is 2. The lowest BCUT2D eigenvalue weighted by molar-refractivity contribution is -0.211. The largest absolute Gasteiger partial charge is 0.368 e. The molecule has 0 amide bonds. The van der Waals surface area contributed by atoms with Crippen LogP contribution in [0.15, 0.2) is 36.5 Å². The molecule has 0 spiro atoms. The molecule has 2 aromatic heterocycles. The number of anilines is 1. The van der Waals surface area contributed by atoms with Crippen molar-refractivity contribution in [2.45, 2.75) is 18.8 Å². The number of aromatic amines is 1. The molecule has 0 radical (unpaired) electrons. The van der Waals surface area contributed by atoms with Gasteiger partial charge in [0.1, 0.15) is 5.82 Å². The molecule has 1 aromatic carbocycles. The van der Waals surface area contributed by atoms with E-state index in [4.69, 9.17) is 20.9 Å². The Balaban J connectivity index is 1.76. The Labute approximate surface area is 154 Å². The molecule has 4 rings (SSSR count). The molecule has 0 bridgehead atoms. The van der Waals surface area contributed by atoms with Crippen LogP contribution < -0.4 is 11.5 Å². The van der Waals surface area contributed by atoms with Crippen molar-refractivity contribution < 1.29 is 13.9 Å². The van der Waals surface area contributed by atoms with Crippen LogP contribution in [0.25, 0.3) is 22.6 Å². The van der Waals surface area contributed by atoms with Crippen LogP contribution >= 0.6 is 0 Å². The minimum Gasteiger partial charge on any atom is -0.368 e. The van der Waals surface area contributed by atoms with Gasteiger partial charge in [-0.2, -0.15) is 0 Å². The van der Waals surface area contributed by atoms with Gasteiger partial charge in [0.2, 0.25) is 12.2 Å². The highest BCUT2D eigenvalue weighted by molar-refractivity contribution is 5.76. The average Bonchev–Trinajstić information content (AvgIpc) is 3.07. The van der Waals surface area contributed by atoms with E-state index >= 15 is 0 Å². The molecule has 1 saturated heterocycles. The van der Waals surface area contributed by atoms with E-state index in [9.17, 15) is 4.39 Å². The van der Waals surface area contributed by atoms with Crippen LogP contribution in [0.1, 0.15) is 19.0 Å². The van der Waals surface area contributed by atoms with E-state index in [0.29, 0.717) is 41.7 Å². The fourth-order valence-electron chi connectivity index (χ4n) is 2.80. The van der Waals surface area contributed by atoms with Gasteiger partial charge in [0.05, 0.1) is 35.8 Å². The van der Waals surface area contributed by atoms with Crippen LogP contribution in [-0.2, 0) is 9.47 Å². The predicted molar refractivity (Wildman–Crippen MR) is 96.7 cm³/mol. The number of nitrogen functional groups attached to an aromatic ring is 1. The first-order valence-corrected chi connectivity index (χ1v) is 8.38. The van der Waals surface area contributed by atoms with Gasteiger partial charge in [-0.25, -0.2) is 19.3 Å². The minimum atomic E-state index is -0.686. The summed E-state index contributed by atoms with van der Waals surface area (Å²) in [7, 11) is 0. The summed E-state index contributed by atoms with van der Waals surface area (Å²) in [5.41, 5.74) is 13.6. The zero-order valence-corrected chi connectivity index (χ0v) is 14.6. The summed E-state index contributed by atoms with van der Waals surface area (Å²) < 4.78 is 24.7. The van der Waals surface area contributed by atoms with Gasteiger partial charge in [0.25, 0.3) is 0 Å². The molecule has 0 saturated carbocycles. The van der Waals surface area contributed by atoms with Crippen molar-refractivity contribution in [2.75, 3.05) is 18.9 Å². The Morgan fingerprint density at radius 1 is 1.15 bits per heavy atom. The zero-order valence-electron chi connectivity index (χ0n) is 14.6. The number of halogens is 1. The summed E-state index contributed by atoms with van der Waals surface area (Å²) in [4.78, 5) is 16.0. The van der Waals surface area contributed by atoms with Gasteiger partial charge < -0.3 is 25.9 Å². The molecule has 1 fully saturated rings. The summed E-state index contributed by atoms with van der Waals surface area (Å²) in [6.45, 7) is 2.52. The lowest BCUT2D eigenvalue weighted by Gasteiger charge is -2.33. The number of nitrogens with zero attached hydrogens (tertiary/aromatic N) is 3. The van der Waals surface area contributed by atoms with Crippen molar-refractivity contribution in [1.29, 1.82) is 0 Å². The third kappa shape index (κ3) is 3.65. The number of hydrogen-bond donors (Lipinski definition) is 3. The number of imidazole rings is 1. The third-order valence-electron chi connectivity index (χ3n) is 4.12. The van der Waals surface area contributed by atoms with Crippen molar-refractivity contribution in [3.63, 3.8) is 0 Å². The molecule has 0 aliphatic carbocycles. The molecule has 3 aromatic rings. The third-order valence-corrected chi connectivity index (χ3v) is 4.12. The van der Waals surface area contributed by atoms with E-state index in [-0.39, 0.29) is 11.8 Å². The quantitative estimate of drug-likeness (QED) is 0.644. The second kappa shape index (κ2) is 6.69. The first-order chi connectivity index (χ1) is 12.9. The predicted octanol–water partition coefficient (Wildman–Crippen LogP) is 2.02. The van der Waals surface area contributed by atoms with Gasteiger partial charge in [-0.3, -0.25) is 0 Å². The summed E-state index contributed by atoms with van der Waals surface area (Å²) in [6.07, 6.45) is 0.869. The van der Waals surface area contributed by atoms with Crippen LogP contribution in [0.3, 0.4) is 0 Å². The van der Waals surface area contributed by atoms with Crippen LogP contribution in [0.2, 0.25) is 0 Å². The maximum atomic E-state index is 13.3. The fourth-order valence-corrected chi connectivity index (χ4v) is 2.80. The number of benzene rings is 1. The Morgan fingerprint density at radius 2 is 1.85 bits per heavy atom. The number of rotatable bonds is 3. The molecular formula is C18H19FN6O2. The van der Waals surface area contributed by atoms with Crippen molar-refractivity contribution in [3.8, 4) is 22.6 Å². The number of H-pyrrole nitrogens is 1. The Bertz CT molecular complexity index is 947. The summed E-state index contributed by atoms with van der Waals surface area (Å²) in [5.74, 6) is 0.276. The van der Waals surface area contributed by atoms with E-state index in [1.165, 1.54) is 12.1 Å². The van der Waals surface area contributed by atoms with Crippen LogP contribution in [-0.4, -0.2) is 38.7 Å². The minimum absolute atomic E-state index is 0.137. The summed E-state index contributed by atoms with van der Waals surface area (Å²) in [6, 6.07) is 7.73. The molecular weight excluding hydrogens is 351 g/mol. The van der Waals surface area contributed by atoms with Crippen molar-refractivity contribution in [3.05, 3.63) is 48.2 Å². The number of ether oxygens (including phenoxy) is 2. The van der Waals surface area contributed by atoms with Crippen LogP contribution in [0.5, 0.6) is 0 Å². The average molecular weight is 370 g/mol. The molecule has 8 nitrogen and oxygen atoms in total. The van der Waals surface area contributed by atoms with Crippen molar-refractivity contribution in [1.82, 2.24) is 19.9 Å². The summed E-state index contributed by atoms with van der Waals surface area (Å²) >= 11 is 0. The van der Waals surface area contributed by atoms with Crippen molar-refractivity contribution >= 4 is 5.95 Å². The SMILES string of the molecule is CC1(N)COC(c2nc(-c3ccc(F)cc3)c(-c3ccnc(N)n3)[nH]2)OC1. The van der Waals surface area contributed by atoms with Crippen LogP contribution in [0, 0.1) is 5.82 Å². The Morgan fingerprint density at radius 3 is 2.52 bits per heavy atom. The van der Waals surface area contributed by atoms with E-state index in [1.54, 1.807) is 24.4 Å². The molecule has 9 heteroatoms. The lowest BCUT2D eigenvalue weighted by Crippen LogP contribution is -2.50. The normalized spacial score (nSPS) is 22.7. The van der Waals surface area contributed by atoms with Gasteiger partial charge in [-0.05, 0) is 37.3 Å². The Hall–Kier alpha value is -2.88. The van der Waals surface area contributed by atoms with E-state index in [0.717, 1.165) is 0 Å². The highest BCUT2D eigenvalue weighted by Crippen LogP contribution is 2.33. The van der Waals surface area contributed by atoms with Gasteiger partial charge in [-0.1, -0.05) is 0 Å². The number of aromatic nitrogens is 4. The lowest BCUT2D eigenvalue weighted by atomic mass is 10.1. The molecule has 0 unspecified atom stereocenters. The molecule has 27 heavy (non-hydrogen) atoms. The van der Waals surface area contributed by atoms with Gasteiger partial charge in [-0.15, -0.1) is 0 Å². The van der Waals surface area contributed by atoms with E-state index in [1.807, 2.05) is 6.92 Å². The first kappa shape index (κ1) is 17.5. The fraction of sp³-hybridized carbons (Fsp3) is 0.278. The maximum Gasteiger partial charge on any atom is 0.220 e.